The molecule has 0 aliphatic carbocycles. The van der Waals surface area contributed by atoms with Crippen LogP contribution in [0.4, 0.5) is 10.1 Å². The highest BCUT2D eigenvalue weighted by Crippen LogP contribution is 2.23. The number of halogens is 1. The zero-order valence-corrected chi connectivity index (χ0v) is 12.5. The standard InChI is InChI=1S/C18H17FN2O2/c19-14-7-4-8-15(11-14)20-18(23)16-9-10-17(22)21(16)12-13-5-2-1-3-6-13/h1-8,11,16H,9-10,12H2,(H,20,23). The van der Waals surface area contributed by atoms with Gasteiger partial charge in [-0.2, -0.15) is 0 Å². The van der Waals surface area contributed by atoms with Crippen molar-refractivity contribution >= 4 is 17.5 Å². The van der Waals surface area contributed by atoms with Gasteiger partial charge in [-0.05, 0) is 30.2 Å². The van der Waals surface area contributed by atoms with Gasteiger partial charge in [0.1, 0.15) is 11.9 Å². The van der Waals surface area contributed by atoms with Crippen molar-refractivity contribution in [2.75, 3.05) is 5.32 Å². The molecule has 1 aliphatic heterocycles. The number of nitrogens with one attached hydrogen (secondary N) is 1. The first-order valence-corrected chi connectivity index (χ1v) is 7.53. The zero-order chi connectivity index (χ0) is 16.2. The molecule has 1 N–H and O–H groups in total. The summed E-state index contributed by atoms with van der Waals surface area (Å²) in [5.41, 5.74) is 1.38. The van der Waals surface area contributed by atoms with Crippen molar-refractivity contribution < 1.29 is 14.0 Å². The lowest BCUT2D eigenvalue weighted by molar-refractivity contribution is -0.133. The molecule has 3 rings (SSSR count). The molecule has 0 spiro atoms. The first-order chi connectivity index (χ1) is 11.1. The van der Waals surface area contributed by atoms with Crippen molar-refractivity contribution in [2.45, 2.75) is 25.4 Å². The number of hydrogen-bond acceptors (Lipinski definition) is 2. The van der Waals surface area contributed by atoms with Crippen LogP contribution in [0.2, 0.25) is 0 Å². The van der Waals surface area contributed by atoms with Gasteiger partial charge >= 0.3 is 0 Å². The van der Waals surface area contributed by atoms with E-state index < -0.39 is 11.9 Å². The van der Waals surface area contributed by atoms with Gasteiger partial charge in [0.25, 0.3) is 0 Å². The molecule has 1 aliphatic rings. The molecule has 0 saturated carbocycles. The van der Waals surface area contributed by atoms with E-state index in [2.05, 4.69) is 5.32 Å². The SMILES string of the molecule is O=C(Nc1cccc(F)c1)C1CCC(=O)N1Cc1ccccc1. The third-order valence-electron chi connectivity index (χ3n) is 3.92. The second-order valence-electron chi connectivity index (χ2n) is 5.56. The van der Waals surface area contributed by atoms with Crippen LogP contribution in [-0.2, 0) is 16.1 Å². The minimum atomic E-state index is -0.522. The third-order valence-corrected chi connectivity index (χ3v) is 3.92. The van der Waals surface area contributed by atoms with Crippen molar-refractivity contribution in [3.63, 3.8) is 0 Å². The van der Waals surface area contributed by atoms with Gasteiger partial charge in [0, 0.05) is 18.7 Å². The average Bonchev–Trinajstić information content (AvgIpc) is 2.89. The smallest absolute Gasteiger partial charge is 0.247 e. The van der Waals surface area contributed by atoms with E-state index in [-0.39, 0.29) is 11.8 Å². The topological polar surface area (TPSA) is 49.4 Å². The maximum atomic E-state index is 13.2. The number of carbonyl (C=O) groups excluding carboxylic acids is 2. The van der Waals surface area contributed by atoms with E-state index in [0.717, 1.165) is 5.56 Å². The van der Waals surface area contributed by atoms with Crippen LogP contribution in [0.5, 0.6) is 0 Å². The minimum absolute atomic E-state index is 0.0340. The van der Waals surface area contributed by atoms with E-state index in [1.165, 1.54) is 18.2 Å². The predicted octanol–water partition coefficient (Wildman–Crippen LogP) is 2.96. The highest BCUT2D eigenvalue weighted by Gasteiger charge is 2.35. The van der Waals surface area contributed by atoms with Crippen LogP contribution in [-0.4, -0.2) is 22.8 Å². The van der Waals surface area contributed by atoms with Crippen molar-refractivity contribution in [1.29, 1.82) is 0 Å². The van der Waals surface area contributed by atoms with Crippen LogP contribution in [0, 0.1) is 5.82 Å². The van der Waals surface area contributed by atoms with Gasteiger partial charge in [0.05, 0.1) is 0 Å². The molecule has 2 amide bonds. The summed E-state index contributed by atoms with van der Waals surface area (Å²) in [7, 11) is 0. The lowest BCUT2D eigenvalue weighted by Crippen LogP contribution is -2.41. The number of likely N-dealkylation sites (tertiary alicyclic amines) is 1. The summed E-state index contributed by atoms with van der Waals surface area (Å²) in [5, 5.41) is 2.69. The molecular formula is C18H17FN2O2. The van der Waals surface area contributed by atoms with Gasteiger partial charge in [-0.1, -0.05) is 36.4 Å². The molecule has 1 unspecified atom stereocenters. The first-order valence-electron chi connectivity index (χ1n) is 7.53. The van der Waals surface area contributed by atoms with Gasteiger partial charge in [0.2, 0.25) is 11.8 Å². The van der Waals surface area contributed by atoms with E-state index in [4.69, 9.17) is 0 Å². The molecule has 2 aromatic rings. The molecular weight excluding hydrogens is 295 g/mol. The number of carbonyl (C=O) groups is 2. The minimum Gasteiger partial charge on any atom is -0.326 e. The summed E-state index contributed by atoms with van der Waals surface area (Å²) in [4.78, 5) is 26.1. The molecule has 118 valence electrons. The van der Waals surface area contributed by atoms with Crippen LogP contribution < -0.4 is 5.32 Å². The van der Waals surface area contributed by atoms with E-state index in [9.17, 15) is 14.0 Å². The van der Waals surface area contributed by atoms with Crippen LogP contribution in [0.15, 0.2) is 54.6 Å². The van der Waals surface area contributed by atoms with E-state index in [1.807, 2.05) is 30.3 Å². The summed E-state index contributed by atoms with van der Waals surface area (Å²) < 4.78 is 13.2. The number of hydrogen-bond donors (Lipinski definition) is 1. The Morgan fingerprint density at radius 3 is 2.70 bits per heavy atom. The van der Waals surface area contributed by atoms with Crippen molar-refractivity contribution in [3.8, 4) is 0 Å². The van der Waals surface area contributed by atoms with Crippen LogP contribution in [0.3, 0.4) is 0 Å². The summed E-state index contributed by atoms with van der Waals surface area (Å²) in [6, 6.07) is 14.8. The van der Waals surface area contributed by atoms with Gasteiger partial charge < -0.3 is 10.2 Å². The van der Waals surface area contributed by atoms with Crippen molar-refractivity contribution in [2.24, 2.45) is 0 Å². The Morgan fingerprint density at radius 1 is 1.17 bits per heavy atom. The Kier molecular flexibility index (Phi) is 4.37. The second-order valence-corrected chi connectivity index (χ2v) is 5.56. The second kappa shape index (κ2) is 6.60. The normalized spacial score (nSPS) is 17.3. The summed E-state index contributed by atoms with van der Waals surface area (Å²) in [6.45, 7) is 0.404. The number of amides is 2. The Labute approximate surface area is 133 Å². The van der Waals surface area contributed by atoms with E-state index >= 15 is 0 Å². The number of anilines is 1. The van der Waals surface area contributed by atoms with Gasteiger partial charge in [0.15, 0.2) is 0 Å². The fourth-order valence-corrected chi connectivity index (χ4v) is 2.78. The van der Waals surface area contributed by atoms with Gasteiger partial charge in [-0.25, -0.2) is 4.39 Å². The number of rotatable bonds is 4. The zero-order valence-electron chi connectivity index (χ0n) is 12.5. The summed E-state index contributed by atoms with van der Waals surface area (Å²) in [6.07, 6.45) is 0.834. The van der Waals surface area contributed by atoms with Crippen molar-refractivity contribution in [3.05, 3.63) is 66.0 Å². The van der Waals surface area contributed by atoms with Crippen LogP contribution in [0.1, 0.15) is 18.4 Å². The molecule has 0 bridgehead atoms. The molecule has 1 heterocycles. The van der Waals surface area contributed by atoms with Gasteiger partial charge in [-0.15, -0.1) is 0 Å². The van der Waals surface area contributed by atoms with Crippen molar-refractivity contribution in [1.82, 2.24) is 4.90 Å². The summed E-state index contributed by atoms with van der Waals surface area (Å²) >= 11 is 0. The largest absolute Gasteiger partial charge is 0.326 e. The molecule has 1 atom stereocenters. The Balaban J connectivity index is 1.72. The summed E-state index contributed by atoms with van der Waals surface area (Å²) in [5.74, 6) is -0.725. The predicted molar refractivity (Wildman–Crippen MR) is 85.0 cm³/mol. The maximum absolute atomic E-state index is 13.2. The fraction of sp³-hybridized carbons (Fsp3) is 0.222. The molecule has 1 saturated heterocycles. The highest BCUT2D eigenvalue weighted by molar-refractivity contribution is 5.99. The van der Waals surface area contributed by atoms with E-state index in [1.54, 1.807) is 11.0 Å². The van der Waals surface area contributed by atoms with Crippen LogP contribution in [0.25, 0.3) is 0 Å². The monoisotopic (exact) mass is 312 g/mol. The third kappa shape index (κ3) is 3.56. The average molecular weight is 312 g/mol. The molecule has 1 fully saturated rings. The molecule has 4 nitrogen and oxygen atoms in total. The Hall–Kier alpha value is -2.69. The molecule has 0 radical (unpaired) electrons. The molecule has 0 aromatic heterocycles. The fourth-order valence-electron chi connectivity index (χ4n) is 2.78. The van der Waals surface area contributed by atoms with E-state index in [0.29, 0.717) is 25.1 Å². The lowest BCUT2D eigenvalue weighted by atomic mass is 10.1. The number of nitrogens with zero attached hydrogens (tertiary/aromatic N) is 1. The molecule has 23 heavy (non-hydrogen) atoms. The molecule has 2 aromatic carbocycles. The van der Waals surface area contributed by atoms with Crippen LogP contribution >= 0.6 is 0 Å². The Bertz CT molecular complexity index is 718. The Morgan fingerprint density at radius 2 is 1.96 bits per heavy atom. The maximum Gasteiger partial charge on any atom is 0.247 e. The first kappa shape index (κ1) is 15.2. The molecule has 5 heteroatoms. The number of benzene rings is 2. The van der Waals surface area contributed by atoms with Gasteiger partial charge in [-0.3, -0.25) is 9.59 Å². The lowest BCUT2D eigenvalue weighted by Gasteiger charge is -2.24. The highest BCUT2D eigenvalue weighted by atomic mass is 19.1. The quantitative estimate of drug-likeness (QED) is 0.943.